The third-order valence-electron chi connectivity index (χ3n) is 8.93. The number of hydrogen-bond donors (Lipinski definition) is 1. The highest BCUT2D eigenvalue weighted by Crippen LogP contribution is 2.65. The fourth-order valence-electron chi connectivity index (χ4n) is 7.36. The standard InChI is InChI=1S/C28H30O4/c1-3-11-28(30)12-10-23-21-7-4-17-13-19(29)6-8-20(17)26(21)22(15-27(23,28)2)18-5-9-24-25(14-18)32-16-31-24/h5,9,14,21,23,30H,4,6-8,10,12-13,15-16H2,1-2H3/t21-,23-,27-,28+/m0/s1. The number of aliphatic hydroxyl groups is 1. The van der Waals surface area contributed by atoms with Gasteiger partial charge in [0.15, 0.2) is 11.5 Å². The quantitative estimate of drug-likeness (QED) is 0.622. The van der Waals surface area contributed by atoms with Crippen LogP contribution in [0.1, 0.15) is 70.8 Å². The molecule has 0 spiro atoms. The van der Waals surface area contributed by atoms with Crippen molar-refractivity contribution in [2.24, 2.45) is 17.3 Å². The molecule has 1 aromatic rings. The zero-order valence-corrected chi connectivity index (χ0v) is 18.9. The second-order valence-corrected chi connectivity index (χ2v) is 10.4. The average molecular weight is 431 g/mol. The smallest absolute Gasteiger partial charge is 0.231 e. The number of hydrogen-bond acceptors (Lipinski definition) is 4. The molecule has 4 nitrogen and oxygen atoms in total. The predicted molar refractivity (Wildman–Crippen MR) is 122 cm³/mol. The van der Waals surface area contributed by atoms with E-state index < -0.39 is 5.60 Å². The summed E-state index contributed by atoms with van der Waals surface area (Å²) in [5.41, 5.74) is 5.47. The number of ether oxygens (including phenoxy) is 2. The number of allylic oxidation sites excluding steroid dienone is 4. The SMILES string of the molecule is CC#C[C@@]1(O)CC[C@H]2[C@@H]3CCC4=C(CCC(=O)C4)C3=C(c3ccc4c(c3)OCO4)C[C@@]21C. The zero-order valence-electron chi connectivity index (χ0n) is 18.9. The molecular formula is C28H30O4. The summed E-state index contributed by atoms with van der Waals surface area (Å²) in [5, 5.41) is 11.7. The Morgan fingerprint density at radius 2 is 1.94 bits per heavy atom. The first-order valence-corrected chi connectivity index (χ1v) is 12.0. The first kappa shape index (κ1) is 20.1. The molecule has 4 atom stereocenters. The molecule has 1 fully saturated rings. The van der Waals surface area contributed by atoms with Crippen molar-refractivity contribution in [3.05, 3.63) is 40.5 Å². The average Bonchev–Trinajstić information content (AvgIpc) is 3.35. The Bertz CT molecular complexity index is 1150. The summed E-state index contributed by atoms with van der Waals surface area (Å²) < 4.78 is 11.3. The Kier molecular flexibility index (Phi) is 4.40. The molecule has 1 aromatic carbocycles. The van der Waals surface area contributed by atoms with Crippen LogP contribution < -0.4 is 9.47 Å². The van der Waals surface area contributed by atoms with Crippen LogP contribution in [0, 0.1) is 29.1 Å². The van der Waals surface area contributed by atoms with Gasteiger partial charge in [0.25, 0.3) is 0 Å². The third-order valence-corrected chi connectivity index (χ3v) is 8.93. The van der Waals surface area contributed by atoms with E-state index in [1.165, 1.54) is 22.3 Å². The number of carbonyl (C=O) groups is 1. The van der Waals surface area contributed by atoms with Gasteiger partial charge in [-0.25, -0.2) is 0 Å². The summed E-state index contributed by atoms with van der Waals surface area (Å²) in [6.07, 6.45) is 6.72. The molecule has 0 amide bonds. The van der Waals surface area contributed by atoms with Crippen molar-refractivity contribution in [1.82, 2.24) is 0 Å². The van der Waals surface area contributed by atoms with Crippen LogP contribution in [0.5, 0.6) is 11.5 Å². The lowest BCUT2D eigenvalue weighted by atomic mass is 9.54. The third kappa shape index (κ3) is 2.70. The molecule has 0 unspecified atom stereocenters. The summed E-state index contributed by atoms with van der Waals surface area (Å²) in [4.78, 5) is 12.2. The van der Waals surface area contributed by atoms with E-state index in [2.05, 4.69) is 30.9 Å². The topological polar surface area (TPSA) is 55.8 Å². The minimum atomic E-state index is -0.962. The summed E-state index contributed by atoms with van der Waals surface area (Å²) >= 11 is 0. The van der Waals surface area contributed by atoms with E-state index in [0.717, 1.165) is 55.6 Å². The lowest BCUT2D eigenvalue weighted by Crippen LogP contribution is -2.49. The highest BCUT2D eigenvalue weighted by molar-refractivity contribution is 5.85. The molecule has 0 aromatic heterocycles. The van der Waals surface area contributed by atoms with E-state index in [-0.39, 0.29) is 12.2 Å². The molecule has 4 heteroatoms. The van der Waals surface area contributed by atoms with Crippen LogP contribution in [0.15, 0.2) is 34.9 Å². The number of fused-ring (bicyclic) bond motifs is 5. The van der Waals surface area contributed by atoms with Crippen LogP contribution in [-0.4, -0.2) is 23.3 Å². The number of benzene rings is 1. The van der Waals surface area contributed by atoms with Crippen molar-refractivity contribution in [2.45, 2.75) is 70.8 Å². The Morgan fingerprint density at radius 1 is 1.09 bits per heavy atom. The highest BCUT2D eigenvalue weighted by atomic mass is 16.7. The van der Waals surface area contributed by atoms with Crippen molar-refractivity contribution < 1.29 is 19.4 Å². The first-order valence-electron chi connectivity index (χ1n) is 12.0. The molecule has 6 rings (SSSR count). The lowest BCUT2D eigenvalue weighted by molar-refractivity contribution is -0.118. The first-order chi connectivity index (χ1) is 15.4. The van der Waals surface area contributed by atoms with Gasteiger partial charge in [-0.2, -0.15) is 0 Å². The second-order valence-electron chi connectivity index (χ2n) is 10.4. The lowest BCUT2D eigenvalue weighted by Gasteiger charge is -2.51. The van der Waals surface area contributed by atoms with Crippen LogP contribution in [-0.2, 0) is 4.79 Å². The molecule has 1 saturated carbocycles. The van der Waals surface area contributed by atoms with Gasteiger partial charge in [-0.3, -0.25) is 4.79 Å². The van der Waals surface area contributed by atoms with Crippen molar-refractivity contribution in [3.8, 4) is 23.3 Å². The highest BCUT2D eigenvalue weighted by Gasteiger charge is 2.61. The molecule has 4 aliphatic carbocycles. The molecule has 5 aliphatic rings. The normalized spacial score (nSPS) is 35.2. The second kappa shape index (κ2) is 6.99. The molecule has 32 heavy (non-hydrogen) atoms. The van der Waals surface area contributed by atoms with E-state index in [1.54, 1.807) is 0 Å². The van der Waals surface area contributed by atoms with Crippen molar-refractivity contribution in [1.29, 1.82) is 0 Å². The molecule has 0 radical (unpaired) electrons. The van der Waals surface area contributed by atoms with E-state index in [0.29, 0.717) is 30.5 Å². The van der Waals surface area contributed by atoms with Gasteiger partial charge in [0.05, 0.1) is 0 Å². The Morgan fingerprint density at radius 3 is 2.78 bits per heavy atom. The number of Topliss-reactive ketones (excluding diaryl/α,β-unsaturated/α-hetero) is 1. The predicted octanol–water partition coefficient (Wildman–Crippen LogP) is 5.20. The van der Waals surface area contributed by atoms with E-state index in [4.69, 9.17) is 9.47 Å². The zero-order chi connectivity index (χ0) is 22.1. The fraction of sp³-hybridized carbons (Fsp3) is 0.536. The Balaban J connectivity index is 1.56. The Hall–Kier alpha value is -2.51. The van der Waals surface area contributed by atoms with Gasteiger partial charge >= 0.3 is 0 Å². The van der Waals surface area contributed by atoms with Crippen molar-refractivity contribution in [2.75, 3.05) is 6.79 Å². The van der Waals surface area contributed by atoms with Gasteiger partial charge in [-0.05, 0) is 91.7 Å². The maximum absolute atomic E-state index is 12.2. The van der Waals surface area contributed by atoms with E-state index >= 15 is 0 Å². The molecular weight excluding hydrogens is 400 g/mol. The van der Waals surface area contributed by atoms with Gasteiger partial charge in [-0.1, -0.05) is 24.5 Å². The minimum absolute atomic E-state index is 0.260. The maximum atomic E-state index is 12.2. The van der Waals surface area contributed by atoms with Crippen LogP contribution in [0.25, 0.3) is 5.57 Å². The number of ketones is 1. The molecule has 1 aliphatic heterocycles. The van der Waals surface area contributed by atoms with Crippen molar-refractivity contribution in [3.63, 3.8) is 0 Å². The van der Waals surface area contributed by atoms with Gasteiger partial charge in [-0.15, -0.1) is 5.92 Å². The molecule has 0 bridgehead atoms. The molecule has 0 saturated heterocycles. The van der Waals surface area contributed by atoms with Crippen LogP contribution in [0.4, 0.5) is 0 Å². The van der Waals surface area contributed by atoms with Gasteiger partial charge < -0.3 is 14.6 Å². The van der Waals surface area contributed by atoms with Crippen LogP contribution in [0.2, 0.25) is 0 Å². The summed E-state index contributed by atoms with van der Waals surface area (Å²) in [6.45, 7) is 4.34. The van der Waals surface area contributed by atoms with Crippen LogP contribution in [0.3, 0.4) is 0 Å². The number of rotatable bonds is 1. The molecule has 1 heterocycles. The van der Waals surface area contributed by atoms with Crippen molar-refractivity contribution >= 4 is 11.4 Å². The summed E-state index contributed by atoms with van der Waals surface area (Å²) in [7, 11) is 0. The van der Waals surface area contributed by atoms with Crippen LogP contribution >= 0.6 is 0 Å². The van der Waals surface area contributed by atoms with Gasteiger partial charge in [0, 0.05) is 18.3 Å². The van der Waals surface area contributed by atoms with Gasteiger partial charge in [0.1, 0.15) is 11.4 Å². The summed E-state index contributed by atoms with van der Waals surface area (Å²) in [5.74, 6) is 9.01. The fourth-order valence-corrected chi connectivity index (χ4v) is 7.36. The summed E-state index contributed by atoms with van der Waals surface area (Å²) in [6, 6.07) is 6.25. The maximum Gasteiger partial charge on any atom is 0.231 e. The van der Waals surface area contributed by atoms with E-state index in [1.807, 2.05) is 13.0 Å². The Labute approximate surface area is 189 Å². The van der Waals surface area contributed by atoms with E-state index in [9.17, 15) is 9.90 Å². The monoisotopic (exact) mass is 430 g/mol. The van der Waals surface area contributed by atoms with Gasteiger partial charge in [0.2, 0.25) is 6.79 Å². The molecule has 1 N–H and O–H groups in total. The largest absolute Gasteiger partial charge is 0.454 e. The molecule has 166 valence electrons. The number of carbonyl (C=O) groups excluding carboxylic acids is 1. The minimum Gasteiger partial charge on any atom is -0.454 e.